The first-order valence-corrected chi connectivity index (χ1v) is 6.80. The molecule has 0 amide bonds. The number of hydrogen-bond acceptors (Lipinski definition) is 3. The van der Waals surface area contributed by atoms with E-state index in [4.69, 9.17) is 5.11 Å². The van der Waals surface area contributed by atoms with Gasteiger partial charge < -0.3 is 5.11 Å². The van der Waals surface area contributed by atoms with Gasteiger partial charge in [-0.05, 0) is 37.1 Å². The highest BCUT2D eigenvalue weighted by Gasteiger charge is 2.36. The van der Waals surface area contributed by atoms with E-state index < -0.39 is 10.0 Å². The van der Waals surface area contributed by atoms with Crippen LogP contribution in [-0.4, -0.2) is 30.4 Å². The summed E-state index contributed by atoms with van der Waals surface area (Å²) >= 11 is 0. The molecular weight excluding hydrogens is 226 g/mol. The topological polar surface area (TPSA) is 57.6 Å². The Morgan fingerprint density at radius 3 is 2.31 bits per heavy atom. The lowest BCUT2D eigenvalue weighted by Crippen LogP contribution is -2.32. The van der Waals surface area contributed by atoms with Gasteiger partial charge in [0, 0.05) is 12.6 Å². The van der Waals surface area contributed by atoms with Gasteiger partial charge in [0.2, 0.25) is 10.0 Å². The summed E-state index contributed by atoms with van der Waals surface area (Å²) in [7, 11) is -3.38. The van der Waals surface area contributed by atoms with E-state index in [9.17, 15) is 8.42 Å². The summed E-state index contributed by atoms with van der Waals surface area (Å²) in [4.78, 5) is 0.249. The largest absolute Gasteiger partial charge is 0.508 e. The first kappa shape index (κ1) is 11.4. The lowest BCUT2D eigenvalue weighted by Gasteiger charge is -2.19. The van der Waals surface area contributed by atoms with Crippen molar-refractivity contribution in [3.63, 3.8) is 0 Å². The first-order valence-electron chi connectivity index (χ1n) is 5.36. The Bertz CT molecular complexity index is 463. The number of nitrogens with zero attached hydrogens (tertiary/aromatic N) is 1. The molecule has 0 radical (unpaired) electrons. The average Bonchev–Trinajstić information content (AvgIpc) is 3.03. The Hall–Kier alpha value is -1.07. The van der Waals surface area contributed by atoms with Crippen molar-refractivity contribution in [2.24, 2.45) is 0 Å². The lowest BCUT2D eigenvalue weighted by molar-refractivity contribution is 0.420. The monoisotopic (exact) mass is 241 g/mol. The molecular formula is C11H15NO3S. The van der Waals surface area contributed by atoms with Crippen LogP contribution < -0.4 is 0 Å². The highest BCUT2D eigenvalue weighted by molar-refractivity contribution is 7.89. The Morgan fingerprint density at radius 2 is 1.88 bits per heavy atom. The van der Waals surface area contributed by atoms with Crippen LogP contribution in [-0.2, 0) is 10.0 Å². The number of sulfonamides is 1. The van der Waals surface area contributed by atoms with Crippen molar-refractivity contribution in [1.82, 2.24) is 4.31 Å². The van der Waals surface area contributed by atoms with E-state index in [1.54, 1.807) is 0 Å². The minimum atomic E-state index is -3.38. The van der Waals surface area contributed by atoms with E-state index in [0.29, 0.717) is 6.54 Å². The molecule has 0 aliphatic heterocycles. The molecule has 2 rings (SSSR count). The maximum atomic E-state index is 12.2. The van der Waals surface area contributed by atoms with E-state index in [-0.39, 0.29) is 16.7 Å². The van der Waals surface area contributed by atoms with Gasteiger partial charge in [0.25, 0.3) is 0 Å². The summed E-state index contributed by atoms with van der Waals surface area (Å²) in [5.74, 6) is 0.0772. The average molecular weight is 241 g/mol. The van der Waals surface area contributed by atoms with Gasteiger partial charge >= 0.3 is 0 Å². The zero-order valence-corrected chi connectivity index (χ0v) is 9.94. The second kappa shape index (κ2) is 4.07. The molecule has 1 N–H and O–H groups in total. The highest BCUT2D eigenvalue weighted by atomic mass is 32.2. The molecule has 0 heterocycles. The van der Waals surface area contributed by atoms with Crippen LogP contribution in [0.5, 0.6) is 5.75 Å². The lowest BCUT2D eigenvalue weighted by atomic mass is 10.3. The van der Waals surface area contributed by atoms with Gasteiger partial charge in [-0.25, -0.2) is 8.42 Å². The number of benzene rings is 1. The van der Waals surface area contributed by atoms with Gasteiger partial charge in [0.15, 0.2) is 0 Å². The molecule has 88 valence electrons. The maximum Gasteiger partial charge on any atom is 0.243 e. The minimum Gasteiger partial charge on any atom is -0.508 e. The first-order chi connectivity index (χ1) is 7.55. The standard InChI is InChI=1S/C11H15NO3S/c1-2-12(9-3-4-9)16(14,15)11-7-5-10(13)6-8-11/h5-9,13H,2-4H2,1H3. The van der Waals surface area contributed by atoms with E-state index in [0.717, 1.165) is 12.8 Å². The molecule has 0 bridgehead atoms. The third-order valence-electron chi connectivity index (χ3n) is 2.71. The quantitative estimate of drug-likeness (QED) is 0.870. The van der Waals surface area contributed by atoms with Crippen LogP contribution in [0.25, 0.3) is 0 Å². The molecule has 1 fully saturated rings. The Labute approximate surface area is 95.6 Å². The van der Waals surface area contributed by atoms with Gasteiger partial charge in [0.1, 0.15) is 5.75 Å². The Morgan fingerprint density at radius 1 is 1.31 bits per heavy atom. The van der Waals surface area contributed by atoms with Gasteiger partial charge in [-0.15, -0.1) is 0 Å². The van der Waals surface area contributed by atoms with E-state index in [2.05, 4.69) is 0 Å². The number of phenolic OH excluding ortho intramolecular Hbond substituents is 1. The van der Waals surface area contributed by atoms with Crippen LogP contribution >= 0.6 is 0 Å². The van der Waals surface area contributed by atoms with Crippen molar-refractivity contribution in [2.75, 3.05) is 6.54 Å². The normalized spacial score (nSPS) is 16.6. The summed E-state index contributed by atoms with van der Waals surface area (Å²) in [6.45, 7) is 2.34. The zero-order valence-electron chi connectivity index (χ0n) is 9.13. The van der Waals surface area contributed by atoms with Crippen molar-refractivity contribution < 1.29 is 13.5 Å². The fourth-order valence-corrected chi connectivity index (χ4v) is 3.43. The Balaban J connectivity index is 2.33. The molecule has 4 nitrogen and oxygen atoms in total. The molecule has 5 heteroatoms. The van der Waals surface area contributed by atoms with Crippen molar-refractivity contribution in [1.29, 1.82) is 0 Å². The SMILES string of the molecule is CCN(C1CC1)S(=O)(=O)c1ccc(O)cc1. The number of phenols is 1. The van der Waals surface area contributed by atoms with Crippen molar-refractivity contribution in [3.8, 4) is 5.75 Å². The highest BCUT2D eigenvalue weighted by Crippen LogP contribution is 2.31. The molecule has 16 heavy (non-hydrogen) atoms. The fourth-order valence-electron chi connectivity index (χ4n) is 1.74. The molecule has 0 atom stereocenters. The smallest absolute Gasteiger partial charge is 0.243 e. The molecule has 0 saturated heterocycles. The summed E-state index contributed by atoms with van der Waals surface area (Å²) < 4.78 is 25.9. The molecule has 0 aromatic heterocycles. The van der Waals surface area contributed by atoms with Crippen LogP contribution in [0, 0.1) is 0 Å². The zero-order chi connectivity index (χ0) is 11.8. The molecule has 1 aliphatic rings. The molecule has 1 saturated carbocycles. The van der Waals surface area contributed by atoms with Gasteiger partial charge in [-0.2, -0.15) is 4.31 Å². The molecule has 1 aromatic rings. The third kappa shape index (κ3) is 2.05. The summed E-state index contributed by atoms with van der Waals surface area (Å²) in [5.41, 5.74) is 0. The van der Waals surface area contributed by atoms with Gasteiger partial charge in [-0.3, -0.25) is 0 Å². The van der Waals surface area contributed by atoms with Crippen molar-refractivity contribution in [2.45, 2.75) is 30.7 Å². The van der Waals surface area contributed by atoms with E-state index in [1.165, 1.54) is 28.6 Å². The molecule has 0 unspecified atom stereocenters. The Kier molecular flexibility index (Phi) is 2.90. The second-order valence-electron chi connectivity index (χ2n) is 3.93. The van der Waals surface area contributed by atoms with Crippen LogP contribution in [0.4, 0.5) is 0 Å². The number of aromatic hydroxyl groups is 1. The maximum absolute atomic E-state index is 12.2. The third-order valence-corrected chi connectivity index (χ3v) is 4.75. The van der Waals surface area contributed by atoms with Crippen molar-refractivity contribution >= 4 is 10.0 Å². The summed E-state index contributed by atoms with van der Waals surface area (Å²) in [6.07, 6.45) is 1.90. The predicted molar refractivity (Wildman–Crippen MR) is 60.7 cm³/mol. The van der Waals surface area contributed by atoms with Crippen LogP contribution in [0.15, 0.2) is 29.2 Å². The predicted octanol–water partition coefficient (Wildman–Crippen LogP) is 1.57. The fraction of sp³-hybridized carbons (Fsp3) is 0.455. The van der Waals surface area contributed by atoms with Crippen molar-refractivity contribution in [3.05, 3.63) is 24.3 Å². The second-order valence-corrected chi connectivity index (χ2v) is 5.82. The van der Waals surface area contributed by atoms with E-state index >= 15 is 0 Å². The van der Waals surface area contributed by atoms with Crippen LogP contribution in [0.3, 0.4) is 0 Å². The van der Waals surface area contributed by atoms with Crippen LogP contribution in [0.1, 0.15) is 19.8 Å². The van der Waals surface area contributed by atoms with E-state index in [1.807, 2.05) is 6.92 Å². The van der Waals surface area contributed by atoms with Gasteiger partial charge in [-0.1, -0.05) is 6.92 Å². The molecule has 1 aliphatic carbocycles. The summed E-state index contributed by atoms with van der Waals surface area (Å²) in [5, 5.41) is 9.13. The summed E-state index contributed by atoms with van der Waals surface area (Å²) in [6, 6.07) is 5.84. The minimum absolute atomic E-state index is 0.0772. The number of rotatable bonds is 4. The van der Waals surface area contributed by atoms with Crippen LogP contribution in [0.2, 0.25) is 0 Å². The molecule has 1 aromatic carbocycles. The molecule has 0 spiro atoms. The number of hydrogen-bond donors (Lipinski definition) is 1. The van der Waals surface area contributed by atoms with Gasteiger partial charge in [0.05, 0.1) is 4.90 Å².